The first-order valence-electron chi connectivity index (χ1n) is 10.5. The summed E-state index contributed by atoms with van der Waals surface area (Å²) in [5.41, 5.74) is 1.16. The number of benzene rings is 2. The SMILES string of the molecule is COc1ccc(NC(=O)CSCC(=O)OCC(=O)N(c2ccccc2)[C@@H]2CCS(=O)(=O)C2)cc1. The van der Waals surface area contributed by atoms with Crippen LogP contribution in [0.4, 0.5) is 11.4 Å². The lowest BCUT2D eigenvalue weighted by Gasteiger charge is -2.28. The first-order valence-corrected chi connectivity index (χ1v) is 13.5. The zero-order chi connectivity index (χ0) is 24.6. The van der Waals surface area contributed by atoms with Crippen LogP contribution in [-0.4, -0.2) is 69.0 Å². The minimum Gasteiger partial charge on any atom is -0.497 e. The van der Waals surface area contributed by atoms with E-state index in [0.717, 1.165) is 11.8 Å². The Labute approximate surface area is 202 Å². The van der Waals surface area contributed by atoms with E-state index in [1.165, 1.54) is 4.90 Å². The van der Waals surface area contributed by atoms with Crippen LogP contribution in [0.25, 0.3) is 0 Å². The molecule has 1 aliphatic heterocycles. The average Bonchev–Trinajstić information content (AvgIpc) is 3.18. The van der Waals surface area contributed by atoms with Gasteiger partial charge in [-0.1, -0.05) is 18.2 Å². The van der Waals surface area contributed by atoms with Crippen molar-refractivity contribution in [1.29, 1.82) is 0 Å². The van der Waals surface area contributed by atoms with Gasteiger partial charge in [0.25, 0.3) is 5.91 Å². The molecule has 0 aliphatic carbocycles. The van der Waals surface area contributed by atoms with Gasteiger partial charge >= 0.3 is 5.97 Å². The van der Waals surface area contributed by atoms with Crippen molar-refractivity contribution in [3.05, 3.63) is 54.6 Å². The number of anilines is 2. The van der Waals surface area contributed by atoms with E-state index in [4.69, 9.17) is 9.47 Å². The molecule has 1 atom stereocenters. The maximum atomic E-state index is 12.9. The zero-order valence-corrected chi connectivity index (χ0v) is 20.3. The number of thioether (sulfide) groups is 1. The highest BCUT2D eigenvalue weighted by molar-refractivity contribution is 8.00. The summed E-state index contributed by atoms with van der Waals surface area (Å²) in [5, 5.41) is 2.71. The third-order valence-electron chi connectivity index (χ3n) is 5.06. The van der Waals surface area contributed by atoms with Crippen molar-refractivity contribution in [2.24, 2.45) is 0 Å². The molecule has 2 aromatic carbocycles. The van der Waals surface area contributed by atoms with Gasteiger partial charge in [-0.05, 0) is 42.8 Å². The summed E-state index contributed by atoms with van der Waals surface area (Å²) in [5.74, 6) is -0.921. The third kappa shape index (κ3) is 7.49. The predicted molar refractivity (Wildman–Crippen MR) is 131 cm³/mol. The fourth-order valence-electron chi connectivity index (χ4n) is 3.48. The molecule has 0 spiro atoms. The number of para-hydroxylation sites is 1. The molecule has 1 saturated heterocycles. The van der Waals surface area contributed by atoms with Crippen LogP contribution >= 0.6 is 11.8 Å². The number of ether oxygens (including phenoxy) is 2. The van der Waals surface area contributed by atoms with Gasteiger partial charge < -0.3 is 19.7 Å². The summed E-state index contributed by atoms with van der Waals surface area (Å²) >= 11 is 1.06. The molecule has 0 saturated carbocycles. The number of esters is 1. The molecule has 2 amide bonds. The molecule has 2 aromatic rings. The number of carbonyl (C=O) groups excluding carboxylic acids is 3. The smallest absolute Gasteiger partial charge is 0.316 e. The highest BCUT2D eigenvalue weighted by Gasteiger charge is 2.35. The molecule has 1 fully saturated rings. The van der Waals surface area contributed by atoms with E-state index >= 15 is 0 Å². The van der Waals surface area contributed by atoms with E-state index in [1.807, 2.05) is 0 Å². The normalized spacial score (nSPS) is 16.4. The second-order valence-electron chi connectivity index (χ2n) is 7.59. The number of nitrogens with zero attached hydrogens (tertiary/aromatic N) is 1. The van der Waals surface area contributed by atoms with Crippen molar-refractivity contribution in [2.45, 2.75) is 12.5 Å². The largest absolute Gasteiger partial charge is 0.497 e. The zero-order valence-electron chi connectivity index (χ0n) is 18.6. The molecule has 1 heterocycles. The van der Waals surface area contributed by atoms with Gasteiger partial charge in [0.2, 0.25) is 5.91 Å². The van der Waals surface area contributed by atoms with Crippen LogP contribution in [0.5, 0.6) is 5.75 Å². The van der Waals surface area contributed by atoms with Gasteiger partial charge in [0.1, 0.15) is 5.75 Å². The lowest BCUT2D eigenvalue weighted by Crippen LogP contribution is -2.43. The highest BCUT2D eigenvalue weighted by Crippen LogP contribution is 2.24. The summed E-state index contributed by atoms with van der Waals surface area (Å²) in [7, 11) is -1.66. The molecule has 1 N–H and O–H groups in total. The van der Waals surface area contributed by atoms with Crippen LogP contribution in [0, 0.1) is 0 Å². The molecule has 34 heavy (non-hydrogen) atoms. The average molecular weight is 507 g/mol. The van der Waals surface area contributed by atoms with Crippen molar-refractivity contribution in [3.63, 3.8) is 0 Å². The van der Waals surface area contributed by atoms with Crippen molar-refractivity contribution >= 4 is 50.8 Å². The van der Waals surface area contributed by atoms with E-state index in [9.17, 15) is 22.8 Å². The molecule has 0 unspecified atom stereocenters. The number of hydrogen-bond acceptors (Lipinski definition) is 8. The number of amides is 2. The summed E-state index contributed by atoms with van der Waals surface area (Å²) in [6.07, 6.45) is 0.329. The van der Waals surface area contributed by atoms with Gasteiger partial charge in [0.15, 0.2) is 16.4 Å². The van der Waals surface area contributed by atoms with E-state index in [1.54, 1.807) is 61.7 Å². The lowest BCUT2D eigenvalue weighted by molar-refractivity contribution is -0.145. The Morgan fingerprint density at radius 3 is 2.38 bits per heavy atom. The number of methoxy groups -OCH3 is 1. The Morgan fingerprint density at radius 2 is 1.76 bits per heavy atom. The van der Waals surface area contributed by atoms with Gasteiger partial charge in [-0.3, -0.25) is 14.4 Å². The standard InChI is InChI=1S/C23H26N2O7S2/c1-31-20-9-7-17(8-10-20)24-21(26)14-33-15-23(28)32-13-22(27)25(18-5-3-2-4-6-18)19-11-12-34(29,30)16-19/h2-10,19H,11-16H2,1H3,(H,24,26)/t19-/m1/s1. The van der Waals surface area contributed by atoms with Gasteiger partial charge in [-0.2, -0.15) is 0 Å². The minimum atomic E-state index is -3.21. The maximum absolute atomic E-state index is 12.9. The fraction of sp³-hybridized carbons (Fsp3) is 0.348. The number of nitrogens with one attached hydrogen (secondary N) is 1. The van der Waals surface area contributed by atoms with Crippen molar-refractivity contribution in [3.8, 4) is 5.75 Å². The Hall–Kier alpha value is -3.05. The highest BCUT2D eigenvalue weighted by atomic mass is 32.2. The number of rotatable bonds is 10. The molecular formula is C23H26N2O7S2. The molecule has 11 heteroatoms. The van der Waals surface area contributed by atoms with Crippen LogP contribution < -0.4 is 15.0 Å². The predicted octanol–water partition coefficient (Wildman–Crippen LogP) is 2.13. The minimum absolute atomic E-state index is 0.0172. The Kier molecular flexibility index (Phi) is 8.94. The van der Waals surface area contributed by atoms with Gasteiger partial charge in [-0.25, -0.2) is 8.42 Å². The summed E-state index contributed by atoms with van der Waals surface area (Å²) in [4.78, 5) is 38.4. The Balaban J connectivity index is 1.46. The molecule has 0 bridgehead atoms. The van der Waals surface area contributed by atoms with E-state index in [0.29, 0.717) is 23.5 Å². The molecular weight excluding hydrogens is 480 g/mol. The molecule has 0 aromatic heterocycles. The van der Waals surface area contributed by atoms with E-state index < -0.39 is 34.4 Å². The Morgan fingerprint density at radius 1 is 1.06 bits per heavy atom. The molecule has 182 valence electrons. The first-order chi connectivity index (χ1) is 16.3. The Bertz CT molecular complexity index is 1110. The van der Waals surface area contributed by atoms with Crippen LogP contribution in [0.15, 0.2) is 54.6 Å². The molecule has 9 nitrogen and oxygen atoms in total. The molecule has 1 aliphatic rings. The molecule has 3 rings (SSSR count). The van der Waals surface area contributed by atoms with Gasteiger partial charge in [0, 0.05) is 11.4 Å². The second kappa shape index (κ2) is 11.9. The van der Waals surface area contributed by atoms with E-state index in [-0.39, 0.29) is 28.9 Å². The van der Waals surface area contributed by atoms with Gasteiger partial charge in [-0.15, -0.1) is 11.8 Å². The van der Waals surface area contributed by atoms with Crippen molar-refractivity contribution < 1.29 is 32.3 Å². The van der Waals surface area contributed by atoms with Crippen molar-refractivity contribution in [2.75, 3.05) is 46.9 Å². The number of carbonyl (C=O) groups is 3. The summed E-state index contributed by atoms with van der Waals surface area (Å²) in [6.45, 7) is -0.511. The topological polar surface area (TPSA) is 119 Å². The summed E-state index contributed by atoms with van der Waals surface area (Å²) < 4.78 is 34.0. The third-order valence-corrected chi connectivity index (χ3v) is 7.72. The van der Waals surface area contributed by atoms with Crippen LogP contribution in [-0.2, 0) is 29.0 Å². The number of sulfone groups is 1. The molecule has 0 radical (unpaired) electrons. The van der Waals surface area contributed by atoms with Crippen molar-refractivity contribution in [1.82, 2.24) is 0 Å². The van der Waals surface area contributed by atoms with Gasteiger partial charge in [0.05, 0.1) is 36.2 Å². The number of hydrogen-bond donors (Lipinski definition) is 1. The van der Waals surface area contributed by atoms with Crippen LogP contribution in [0.2, 0.25) is 0 Å². The summed E-state index contributed by atoms with van der Waals surface area (Å²) in [6, 6.07) is 15.0. The lowest BCUT2D eigenvalue weighted by atomic mass is 10.2. The van der Waals surface area contributed by atoms with Crippen LogP contribution in [0.3, 0.4) is 0 Å². The monoisotopic (exact) mass is 506 g/mol. The quantitative estimate of drug-likeness (QED) is 0.487. The van der Waals surface area contributed by atoms with E-state index in [2.05, 4.69) is 5.32 Å². The maximum Gasteiger partial charge on any atom is 0.316 e. The van der Waals surface area contributed by atoms with Crippen LogP contribution in [0.1, 0.15) is 6.42 Å². The fourth-order valence-corrected chi connectivity index (χ4v) is 5.79. The second-order valence-corrected chi connectivity index (χ2v) is 10.8. The first kappa shape index (κ1) is 25.6.